The van der Waals surface area contributed by atoms with E-state index in [1.165, 1.54) is 4.90 Å². The minimum Gasteiger partial charge on any atom is -0.326 e. The van der Waals surface area contributed by atoms with E-state index in [9.17, 15) is 4.79 Å². The predicted molar refractivity (Wildman–Crippen MR) is 73.6 cm³/mol. The van der Waals surface area contributed by atoms with Gasteiger partial charge in [0.1, 0.15) is 6.04 Å². The fraction of sp³-hybridized carbons (Fsp3) is 0.267. The minimum atomic E-state index is -0.459. The Morgan fingerprint density at radius 3 is 2.79 bits per heavy atom. The van der Waals surface area contributed by atoms with Crippen molar-refractivity contribution in [3.63, 3.8) is 0 Å². The predicted octanol–water partition coefficient (Wildman–Crippen LogP) is 2.53. The molecule has 0 bridgehead atoms. The van der Waals surface area contributed by atoms with E-state index in [4.69, 9.17) is 5.26 Å². The largest absolute Gasteiger partial charge is 0.326 e. The van der Waals surface area contributed by atoms with Crippen LogP contribution in [-0.4, -0.2) is 28.9 Å². The summed E-state index contributed by atoms with van der Waals surface area (Å²) in [4.78, 5) is 18.3. The molecule has 1 aromatic heterocycles. The van der Waals surface area contributed by atoms with Gasteiger partial charge in [-0.2, -0.15) is 5.26 Å². The van der Waals surface area contributed by atoms with E-state index in [0.717, 1.165) is 16.6 Å². The zero-order valence-corrected chi connectivity index (χ0v) is 11.2. The van der Waals surface area contributed by atoms with Crippen molar-refractivity contribution in [3.05, 3.63) is 41.6 Å². The SMILES string of the molecule is Cc1cc(C(=O)N(C)C(C)C#N)c2ccccc2n1. The third-order valence-corrected chi connectivity index (χ3v) is 3.16. The van der Waals surface area contributed by atoms with Gasteiger partial charge in [-0.25, -0.2) is 0 Å². The lowest BCUT2D eigenvalue weighted by Crippen LogP contribution is -2.34. The van der Waals surface area contributed by atoms with Gasteiger partial charge in [-0.15, -0.1) is 0 Å². The molecule has 1 amide bonds. The Morgan fingerprint density at radius 1 is 1.42 bits per heavy atom. The maximum absolute atomic E-state index is 12.5. The first-order valence-electron chi connectivity index (χ1n) is 6.07. The van der Waals surface area contributed by atoms with Crippen molar-refractivity contribution in [2.75, 3.05) is 7.05 Å². The first-order valence-corrected chi connectivity index (χ1v) is 6.07. The van der Waals surface area contributed by atoms with Gasteiger partial charge in [0.2, 0.25) is 0 Å². The summed E-state index contributed by atoms with van der Waals surface area (Å²) < 4.78 is 0. The zero-order chi connectivity index (χ0) is 14.0. The number of amides is 1. The van der Waals surface area contributed by atoms with E-state index in [0.29, 0.717) is 5.56 Å². The molecule has 1 aromatic carbocycles. The highest BCUT2D eigenvalue weighted by atomic mass is 16.2. The Morgan fingerprint density at radius 2 is 2.11 bits per heavy atom. The average molecular weight is 253 g/mol. The number of aromatic nitrogens is 1. The van der Waals surface area contributed by atoms with Gasteiger partial charge >= 0.3 is 0 Å². The summed E-state index contributed by atoms with van der Waals surface area (Å²) in [6, 6.07) is 10.9. The van der Waals surface area contributed by atoms with Crippen LogP contribution in [0.2, 0.25) is 0 Å². The summed E-state index contributed by atoms with van der Waals surface area (Å²) in [5.41, 5.74) is 2.18. The molecule has 1 atom stereocenters. The number of nitriles is 1. The molecule has 96 valence electrons. The molecule has 4 heteroatoms. The Bertz CT molecular complexity index is 673. The number of carbonyl (C=O) groups excluding carboxylic acids is 1. The van der Waals surface area contributed by atoms with Crippen LogP contribution in [0.4, 0.5) is 0 Å². The quantitative estimate of drug-likeness (QED) is 0.826. The Labute approximate surface area is 112 Å². The molecule has 19 heavy (non-hydrogen) atoms. The maximum Gasteiger partial charge on any atom is 0.255 e. The van der Waals surface area contributed by atoms with Gasteiger partial charge in [0, 0.05) is 18.1 Å². The fourth-order valence-electron chi connectivity index (χ4n) is 1.94. The Balaban J connectivity index is 2.56. The standard InChI is InChI=1S/C15H15N3O/c1-10-8-13(15(19)18(3)11(2)9-16)12-6-4-5-7-14(12)17-10/h4-8,11H,1-3H3. The van der Waals surface area contributed by atoms with E-state index in [1.54, 1.807) is 20.0 Å². The molecule has 4 nitrogen and oxygen atoms in total. The van der Waals surface area contributed by atoms with Gasteiger partial charge in [-0.3, -0.25) is 9.78 Å². The van der Waals surface area contributed by atoms with Crippen molar-refractivity contribution in [1.29, 1.82) is 5.26 Å². The molecule has 0 fully saturated rings. The smallest absolute Gasteiger partial charge is 0.255 e. The molecule has 0 spiro atoms. The van der Waals surface area contributed by atoms with Gasteiger partial charge in [-0.05, 0) is 26.0 Å². The lowest BCUT2D eigenvalue weighted by atomic mass is 10.1. The summed E-state index contributed by atoms with van der Waals surface area (Å²) in [6.07, 6.45) is 0. The molecule has 0 radical (unpaired) electrons. The lowest BCUT2D eigenvalue weighted by molar-refractivity contribution is 0.0775. The average Bonchev–Trinajstić information content (AvgIpc) is 2.43. The van der Waals surface area contributed by atoms with Crippen LogP contribution >= 0.6 is 0 Å². The van der Waals surface area contributed by atoms with E-state index >= 15 is 0 Å². The number of carbonyl (C=O) groups is 1. The Hall–Kier alpha value is -2.41. The molecule has 1 heterocycles. The van der Waals surface area contributed by atoms with Crippen molar-refractivity contribution in [2.45, 2.75) is 19.9 Å². The third kappa shape index (κ3) is 2.41. The number of fused-ring (bicyclic) bond motifs is 1. The fourth-order valence-corrected chi connectivity index (χ4v) is 1.94. The monoisotopic (exact) mass is 253 g/mol. The minimum absolute atomic E-state index is 0.157. The zero-order valence-electron chi connectivity index (χ0n) is 11.2. The molecule has 0 aliphatic heterocycles. The number of para-hydroxylation sites is 1. The summed E-state index contributed by atoms with van der Waals surface area (Å²) >= 11 is 0. The van der Waals surface area contributed by atoms with E-state index in [1.807, 2.05) is 31.2 Å². The van der Waals surface area contributed by atoms with Crippen molar-refractivity contribution in [1.82, 2.24) is 9.88 Å². The van der Waals surface area contributed by atoms with E-state index in [2.05, 4.69) is 11.1 Å². The van der Waals surface area contributed by atoms with Crippen molar-refractivity contribution < 1.29 is 4.79 Å². The number of rotatable bonds is 2. The first kappa shape index (κ1) is 13.0. The molecule has 0 N–H and O–H groups in total. The molecule has 0 saturated heterocycles. The first-order chi connectivity index (χ1) is 9.04. The van der Waals surface area contributed by atoms with Gasteiger partial charge in [0.05, 0.1) is 17.1 Å². The molecule has 2 aromatic rings. The van der Waals surface area contributed by atoms with Crippen LogP contribution in [0.3, 0.4) is 0 Å². The van der Waals surface area contributed by atoms with E-state index < -0.39 is 6.04 Å². The molecule has 0 aliphatic carbocycles. The van der Waals surface area contributed by atoms with Gasteiger partial charge in [0.25, 0.3) is 5.91 Å². The van der Waals surface area contributed by atoms with Crippen molar-refractivity contribution in [2.24, 2.45) is 0 Å². The normalized spacial score (nSPS) is 11.9. The second kappa shape index (κ2) is 5.07. The van der Waals surface area contributed by atoms with Crippen molar-refractivity contribution >= 4 is 16.8 Å². The highest BCUT2D eigenvalue weighted by Gasteiger charge is 2.19. The number of hydrogen-bond donors (Lipinski definition) is 0. The van der Waals surface area contributed by atoms with Crippen LogP contribution in [0.25, 0.3) is 10.9 Å². The summed E-state index contributed by atoms with van der Waals surface area (Å²) in [5.74, 6) is -0.157. The summed E-state index contributed by atoms with van der Waals surface area (Å²) in [5, 5.41) is 9.73. The van der Waals surface area contributed by atoms with Gasteiger partial charge in [0.15, 0.2) is 0 Å². The van der Waals surface area contributed by atoms with Gasteiger partial charge in [-0.1, -0.05) is 18.2 Å². The second-order valence-corrected chi connectivity index (χ2v) is 4.55. The lowest BCUT2D eigenvalue weighted by Gasteiger charge is -2.20. The number of pyridine rings is 1. The Kier molecular flexibility index (Phi) is 3.48. The molecule has 2 rings (SSSR count). The molecule has 0 saturated carbocycles. The maximum atomic E-state index is 12.5. The highest BCUT2D eigenvalue weighted by Crippen LogP contribution is 2.20. The van der Waals surface area contributed by atoms with E-state index in [-0.39, 0.29) is 5.91 Å². The van der Waals surface area contributed by atoms with Crippen LogP contribution < -0.4 is 0 Å². The van der Waals surface area contributed by atoms with Gasteiger partial charge < -0.3 is 4.90 Å². The van der Waals surface area contributed by atoms with Crippen LogP contribution in [-0.2, 0) is 0 Å². The molecule has 1 unspecified atom stereocenters. The van der Waals surface area contributed by atoms with Crippen LogP contribution in [0, 0.1) is 18.3 Å². The molecular formula is C15H15N3O. The van der Waals surface area contributed by atoms with Crippen LogP contribution in [0.5, 0.6) is 0 Å². The number of hydrogen-bond acceptors (Lipinski definition) is 3. The number of benzene rings is 1. The summed E-state index contributed by atoms with van der Waals surface area (Å²) in [7, 11) is 1.64. The number of aryl methyl sites for hydroxylation is 1. The highest BCUT2D eigenvalue weighted by molar-refractivity contribution is 6.06. The van der Waals surface area contributed by atoms with Crippen LogP contribution in [0.1, 0.15) is 23.0 Å². The summed E-state index contributed by atoms with van der Waals surface area (Å²) in [6.45, 7) is 3.56. The third-order valence-electron chi connectivity index (χ3n) is 3.16. The number of nitrogens with zero attached hydrogens (tertiary/aromatic N) is 3. The second-order valence-electron chi connectivity index (χ2n) is 4.55. The van der Waals surface area contributed by atoms with Crippen LogP contribution in [0.15, 0.2) is 30.3 Å². The van der Waals surface area contributed by atoms with Crippen molar-refractivity contribution in [3.8, 4) is 6.07 Å². The molecule has 0 aliphatic rings. The topological polar surface area (TPSA) is 57.0 Å². The molecular weight excluding hydrogens is 238 g/mol.